The molecule has 0 aliphatic carbocycles. The fraction of sp³-hybridized carbons (Fsp3) is 0.0714. The van der Waals surface area contributed by atoms with Crippen LogP contribution >= 0.6 is 0 Å². The normalized spacial score (nSPS) is 10.1. The average molecular weight is 244 g/mol. The van der Waals surface area contributed by atoms with Crippen LogP contribution in [0, 0.1) is 0 Å². The summed E-state index contributed by atoms with van der Waals surface area (Å²) < 4.78 is 13.9. The minimum absolute atomic E-state index is 0.00563. The first kappa shape index (κ1) is 12.1. The number of para-hydroxylation sites is 2. The molecule has 0 aliphatic rings. The van der Waals surface area contributed by atoms with Gasteiger partial charge in [0, 0.05) is 0 Å². The van der Waals surface area contributed by atoms with Crippen molar-refractivity contribution in [3.8, 4) is 0 Å². The zero-order valence-corrected chi connectivity index (χ0v) is 9.71. The molecule has 0 saturated heterocycles. The van der Waals surface area contributed by atoms with Crippen molar-refractivity contribution < 1.29 is 9.28 Å². The molecule has 0 aromatic heterocycles. The van der Waals surface area contributed by atoms with E-state index in [2.05, 4.69) is 0 Å². The van der Waals surface area contributed by atoms with Crippen LogP contribution in [0.25, 0.3) is 0 Å². The zero-order chi connectivity index (χ0) is 13.0. The number of amides is 1. The average Bonchev–Trinajstić information content (AvgIpc) is 2.39. The second-order valence-corrected chi connectivity index (χ2v) is 3.90. The van der Waals surface area contributed by atoms with E-state index < -0.39 is 5.91 Å². The number of nitrogens with zero attached hydrogens (tertiary/aromatic N) is 1. The van der Waals surface area contributed by atoms with Crippen molar-refractivity contribution in [2.24, 2.45) is 0 Å². The van der Waals surface area contributed by atoms with E-state index in [0.29, 0.717) is 0 Å². The minimum atomic E-state index is -0.640. The topological polar surface area (TPSA) is 46.3 Å². The van der Waals surface area contributed by atoms with Gasteiger partial charge in [-0.3, -0.25) is 4.79 Å². The van der Waals surface area contributed by atoms with E-state index in [0.717, 1.165) is 5.56 Å². The molecule has 18 heavy (non-hydrogen) atoms. The molecule has 4 heteroatoms. The molecule has 2 aromatic rings. The highest BCUT2D eigenvalue weighted by Gasteiger charge is 2.17. The van der Waals surface area contributed by atoms with Gasteiger partial charge in [0.25, 0.3) is 5.91 Å². The second kappa shape index (κ2) is 5.31. The van der Waals surface area contributed by atoms with E-state index in [1.807, 2.05) is 18.2 Å². The number of rotatable bonds is 3. The molecule has 92 valence electrons. The lowest BCUT2D eigenvalue weighted by Crippen LogP contribution is -2.24. The fourth-order valence-electron chi connectivity index (χ4n) is 1.64. The summed E-state index contributed by atoms with van der Waals surface area (Å²) >= 11 is 0. The molecule has 2 rings (SSSR count). The van der Waals surface area contributed by atoms with Crippen molar-refractivity contribution in [1.29, 1.82) is 0 Å². The summed E-state index contributed by atoms with van der Waals surface area (Å²) in [6.07, 6.45) is 0.00563. The molecular weight excluding hydrogens is 231 g/mol. The molecule has 2 aromatic carbocycles. The molecule has 0 bridgehead atoms. The third-order valence-electron chi connectivity index (χ3n) is 2.57. The van der Waals surface area contributed by atoms with E-state index >= 15 is 0 Å². The van der Waals surface area contributed by atoms with Crippen LogP contribution in [0.5, 0.6) is 0 Å². The van der Waals surface area contributed by atoms with Crippen LogP contribution in [0.15, 0.2) is 54.6 Å². The number of hydrogen-bond acceptors (Lipinski definition) is 2. The molecule has 0 radical (unpaired) electrons. The van der Waals surface area contributed by atoms with Gasteiger partial charge in [0.15, 0.2) is 0 Å². The number of anilines is 2. The van der Waals surface area contributed by atoms with Crippen molar-refractivity contribution in [1.82, 2.24) is 0 Å². The van der Waals surface area contributed by atoms with Crippen LogP contribution in [0.1, 0.15) is 5.56 Å². The van der Waals surface area contributed by atoms with Crippen molar-refractivity contribution in [3.05, 3.63) is 60.2 Å². The highest BCUT2D eigenvalue weighted by atomic mass is 19.2. The predicted molar refractivity (Wildman–Crippen MR) is 69.6 cm³/mol. The van der Waals surface area contributed by atoms with E-state index in [-0.39, 0.29) is 22.9 Å². The zero-order valence-electron chi connectivity index (χ0n) is 9.71. The Morgan fingerprint density at radius 3 is 2.33 bits per heavy atom. The summed E-state index contributed by atoms with van der Waals surface area (Å²) in [4.78, 5) is 11.8. The molecule has 1 amide bonds. The van der Waals surface area contributed by atoms with E-state index in [1.165, 1.54) is 6.07 Å². The third kappa shape index (κ3) is 2.66. The Kier molecular flexibility index (Phi) is 3.57. The largest absolute Gasteiger partial charge is 0.397 e. The van der Waals surface area contributed by atoms with Crippen LogP contribution in [-0.2, 0) is 11.2 Å². The Morgan fingerprint density at radius 2 is 1.67 bits per heavy atom. The monoisotopic (exact) mass is 244 g/mol. The molecule has 0 heterocycles. The Hall–Kier alpha value is -2.36. The first-order chi connectivity index (χ1) is 8.68. The Balaban J connectivity index is 2.13. The van der Waals surface area contributed by atoms with Gasteiger partial charge >= 0.3 is 0 Å². The summed E-state index contributed by atoms with van der Waals surface area (Å²) in [6, 6.07) is 15.4. The first-order valence-corrected chi connectivity index (χ1v) is 5.55. The van der Waals surface area contributed by atoms with Gasteiger partial charge < -0.3 is 5.73 Å². The maximum absolute atomic E-state index is 13.9. The maximum Gasteiger partial charge on any atom is 0.259 e. The molecule has 0 spiro atoms. The van der Waals surface area contributed by atoms with Gasteiger partial charge in [0.2, 0.25) is 0 Å². The van der Waals surface area contributed by atoms with Crippen molar-refractivity contribution in [3.63, 3.8) is 0 Å². The van der Waals surface area contributed by atoms with Gasteiger partial charge in [-0.05, 0) is 17.7 Å². The van der Waals surface area contributed by atoms with Gasteiger partial charge in [0.1, 0.15) is 5.69 Å². The number of hydrogen-bond donors (Lipinski definition) is 1. The Bertz CT molecular complexity index is 543. The highest BCUT2D eigenvalue weighted by Crippen LogP contribution is 2.23. The molecule has 0 unspecified atom stereocenters. The van der Waals surface area contributed by atoms with Crippen LogP contribution in [0.4, 0.5) is 15.9 Å². The van der Waals surface area contributed by atoms with Gasteiger partial charge in [-0.25, -0.2) is 0 Å². The van der Waals surface area contributed by atoms with Crippen LogP contribution in [0.2, 0.25) is 0 Å². The van der Waals surface area contributed by atoms with Gasteiger partial charge in [-0.2, -0.15) is 0 Å². The van der Waals surface area contributed by atoms with E-state index in [9.17, 15) is 9.28 Å². The van der Waals surface area contributed by atoms with Crippen LogP contribution in [0.3, 0.4) is 0 Å². The summed E-state index contributed by atoms with van der Waals surface area (Å²) in [5.41, 5.74) is 6.70. The Morgan fingerprint density at radius 1 is 1.06 bits per heavy atom. The van der Waals surface area contributed by atoms with Crippen LogP contribution in [-0.4, -0.2) is 5.91 Å². The molecule has 3 nitrogen and oxygen atoms in total. The number of carbonyl (C=O) groups excluding carboxylic acids is 1. The lowest BCUT2D eigenvalue weighted by Gasteiger charge is -2.13. The van der Waals surface area contributed by atoms with Crippen molar-refractivity contribution in [2.75, 3.05) is 10.9 Å². The maximum atomic E-state index is 13.9. The second-order valence-electron chi connectivity index (χ2n) is 3.90. The quantitative estimate of drug-likeness (QED) is 0.666. The SMILES string of the molecule is Nc1ccccc1N(F)C(=O)Cc1ccccc1. The Labute approximate surface area is 105 Å². The lowest BCUT2D eigenvalue weighted by atomic mass is 10.1. The first-order valence-electron chi connectivity index (χ1n) is 5.55. The van der Waals surface area contributed by atoms with Gasteiger partial charge in [-0.15, -0.1) is 5.12 Å². The summed E-state index contributed by atoms with van der Waals surface area (Å²) in [6.45, 7) is 0. The highest BCUT2D eigenvalue weighted by molar-refractivity contribution is 5.95. The molecule has 0 saturated carbocycles. The molecule has 0 aliphatic heterocycles. The number of nitrogen functional groups attached to an aromatic ring is 1. The van der Waals surface area contributed by atoms with Crippen molar-refractivity contribution in [2.45, 2.75) is 6.42 Å². The lowest BCUT2D eigenvalue weighted by molar-refractivity contribution is -0.120. The number of benzene rings is 2. The van der Waals surface area contributed by atoms with Gasteiger partial charge in [0.05, 0.1) is 12.1 Å². The third-order valence-corrected chi connectivity index (χ3v) is 2.57. The summed E-state index contributed by atoms with van der Waals surface area (Å²) in [5, 5.41) is 0.0995. The number of halogens is 1. The van der Waals surface area contributed by atoms with E-state index in [4.69, 9.17) is 5.73 Å². The minimum Gasteiger partial charge on any atom is -0.397 e. The standard InChI is InChI=1S/C14H13FN2O/c15-17(13-9-5-4-8-12(13)16)14(18)10-11-6-2-1-3-7-11/h1-9H,10,16H2. The van der Waals surface area contributed by atoms with E-state index in [1.54, 1.807) is 30.3 Å². The summed E-state index contributed by atoms with van der Waals surface area (Å²) in [7, 11) is 0. The molecular formula is C14H13FN2O. The molecule has 0 fully saturated rings. The molecule has 0 atom stereocenters. The number of nitrogens with two attached hydrogens (primary N) is 1. The number of carbonyl (C=O) groups is 1. The van der Waals surface area contributed by atoms with Gasteiger partial charge in [-0.1, -0.05) is 46.9 Å². The summed E-state index contributed by atoms with van der Waals surface area (Å²) in [5.74, 6) is -0.640. The molecule has 2 N–H and O–H groups in total. The predicted octanol–water partition coefficient (Wildman–Crippen LogP) is 2.73. The fourth-order valence-corrected chi connectivity index (χ4v) is 1.64. The van der Waals surface area contributed by atoms with Crippen molar-refractivity contribution >= 4 is 17.3 Å². The van der Waals surface area contributed by atoms with Crippen LogP contribution < -0.4 is 10.9 Å². The smallest absolute Gasteiger partial charge is 0.259 e.